The van der Waals surface area contributed by atoms with E-state index in [1.165, 1.54) is 28.8 Å². The number of carbonyl (C=O) groups excluding carboxylic acids is 1. The maximum absolute atomic E-state index is 12.0. The maximum Gasteiger partial charge on any atom is 0.356 e. The molecule has 0 atom stereocenters. The second-order valence-corrected chi connectivity index (χ2v) is 5.50. The van der Waals surface area contributed by atoms with Crippen LogP contribution in [0.25, 0.3) is 0 Å². The zero-order valence-electron chi connectivity index (χ0n) is 13.5. The average molecular weight is 340 g/mol. The first-order chi connectivity index (χ1) is 12.0. The van der Waals surface area contributed by atoms with Gasteiger partial charge in [-0.2, -0.15) is 5.10 Å². The number of carbonyl (C=O) groups is 2. The van der Waals surface area contributed by atoms with Gasteiger partial charge in [-0.15, -0.1) is 5.10 Å². The summed E-state index contributed by atoms with van der Waals surface area (Å²) in [5, 5.41) is 19.3. The van der Waals surface area contributed by atoms with Crippen molar-refractivity contribution in [2.24, 2.45) is 0 Å². The topological polar surface area (TPSA) is 115 Å². The van der Waals surface area contributed by atoms with Crippen LogP contribution in [-0.4, -0.2) is 41.5 Å². The number of hydrogen-bond donors (Lipinski definition) is 2. The van der Waals surface area contributed by atoms with Crippen molar-refractivity contribution in [1.29, 1.82) is 0 Å². The van der Waals surface area contributed by atoms with Crippen LogP contribution in [0.5, 0.6) is 0 Å². The van der Waals surface area contributed by atoms with Crippen molar-refractivity contribution in [2.45, 2.75) is 20.0 Å². The van der Waals surface area contributed by atoms with E-state index in [1.54, 1.807) is 4.68 Å². The second kappa shape index (κ2) is 6.95. The largest absolute Gasteiger partial charge is 0.476 e. The minimum atomic E-state index is -1.14. The molecule has 0 saturated carbocycles. The summed E-state index contributed by atoms with van der Waals surface area (Å²) in [6.45, 7) is 2.44. The van der Waals surface area contributed by atoms with Crippen LogP contribution in [0.3, 0.4) is 0 Å². The number of carboxylic acid groups (broad SMARTS) is 1. The summed E-state index contributed by atoms with van der Waals surface area (Å²) in [7, 11) is 0. The molecule has 2 N–H and O–H groups in total. The van der Waals surface area contributed by atoms with Crippen molar-refractivity contribution in [3.05, 3.63) is 59.7 Å². The van der Waals surface area contributed by atoms with Crippen LogP contribution in [0.1, 0.15) is 21.6 Å². The molecule has 0 fully saturated rings. The number of nitrogens with zero attached hydrogens (tertiary/aromatic N) is 5. The molecular weight excluding hydrogens is 324 g/mol. The second-order valence-electron chi connectivity index (χ2n) is 5.50. The lowest BCUT2D eigenvalue weighted by Gasteiger charge is -2.02. The Balaban J connectivity index is 1.57. The lowest BCUT2D eigenvalue weighted by Crippen LogP contribution is -2.20. The van der Waals surface area contributed by atoms with E-state index in [4.69, 9.17) is 5.11 Å². The summed E-state index contributed by atoms with van der Waals surface area (Å²) >= 11 is 0. The predicted octanol–water partition coefficient (Wildman–Crippen LogP) is 1.17. The third kappa shape index (κ3) is 4.28. The molecule has 9 nitrogen and oxygen atoms in total. The van der Waals surface area contributed by atoms with Crippen LogP contribution in [0.2, 0.25) is 0 Å². The molecule has 9 heteroatoms. The van der Waals surface area contributed by atoms with E-state index in [0.29, 0.717) is 6.54 Å². The van der Waals surface area contributed by atoms with E-state index >= 15 is 0 Å². The van der Waals surface area contributed by atoms with Crippen molar-refractivity contribution >= 4 is 17.8 Å². The highest BCUT2D eigenvalue weighted by atomic mass is 16.4. The lowest BCUT2D eigenvalue weighted by atomic mass is 10.1. The summed E-state index contributed by atoms with van der Waals surface area (Å²) < 4.78 is 2.86. The summed E-state index contributed by atoms with van der Waals surface area (Å²) in [5.74, 6) is -1.36. The fourth-order valence-corrected chi connectivity index (χ4v) is 2.18. The van der Waals surface area contributed by atoms with Gasteiger partial charge in [0, 0.05) is 6.20 Å². The number of amides is 1. The van der Waals surface area contributed by atoms with Gasteiger partial charge in [-0.25, -0.2) is 14.5 Å². The van der Waals surface area contributed by atoms with E-state index in [0.717, 1.165) is 5.56 Å². The SMILES string of the molecule is Cc1ccc(Cn2cnc(NC(=O)Cn3ccc(C(=O)O)n3)n2)cc1. The number of anilines is 1. The molecule has 25 heavy (non-hydrogen) atoms. The number of hydrogen-bond acceptors (Lipinski definition) is 5. The third-order valence-electron chi connectivity index (χ3n) is 3.42. The molecule has 3 aromatic rings. The molecule has 0 bridgehead atoms. The van der Waals surface area contributed by atoms with Gasteiger partial charge in [0.1, 0.15) is 12.9 Å². The monoisotopic (exact) mass is 340 g/mol. The van der Waals surface area contributed by atoms with Crippen LogP contribution in [-0.2, 0) is 17.9 Å². The zero-order chi connectivity index (χ0) is 17.8. The number of nitrogens with one attached hydrogen (secondary N) is 1. The van der Waals surface area contributed by atoms with E-state index in [1.807, 2.05) is 31.2 Å². The Morgan fingerprint density at radius 2 is 1.88 bits per heavy atom. The van der Waals surface area contributed by atoms with Gasteiger partial charge in [-0.1, -0.05) is 29.8 Å². The highest BCUT2D eigenvalue weighted by molar-refractivity contribution is 5.89. The fourth-order valence-electron chi connectivity index (χ4n) is 2.18. The summed E-state index contributed by atoms with van der Waals surface area (Å²) in [6, 6.07) is 9.37. The molecule has 0 aliphatic rings. The standard InChI is InChI=1S/C16H16N6O3/c1-11-2-4-12(5-3-11)8-22-10-17-16(20-22)18-14(23)9-21-7-6-13(19-21)15(24)25/h2-7,10H,8-9H2,1H3,(H,24,25)(H,18,20,23). The Kier molecular flexibility index (Phi) is 4.55. The van der Waals surface area contributed by atoms with Gasteiger partial charge in [0.05, 0.1) is 6.54 Å². The molecule has 0 saturated heterocycles. The van der Waals surface area contributed by atoms with Crippen molar-refractivity contribution in [3.8, 4) is 0 Å². The van der Waals surface area contributed by atoms with E-state index in [9.17, 15) is 9.59 Å². The van der Waals surface area contributed by atoms with Crippen LogP contribution in [0, 0.1) is 6.92 Å². The molecule has 0 spiro atoms. The smallest absolute Gasteiger partial charge is 0.356 e. The Morgan fingerprint density at radius 3 is 2.56 bits per heavy atom. The highest BCUT2D eigenvalue weighted by Gasteiger charge is 2.11. The Labute approximate surface area is 142 Å². The van der Waals surface area contributed by atoms with Gasteiger partial charge in [0.2, 0.25) is 11.9 Å². The van der Waals surface area contributed by atoms with Crippen LogP contribution < -0.4 is 5.32 Å². The first-order valence-corrected chi connectivity index (χ1v) is 7.51. The number of aromatic nitrogens is 5. The fraction of sp³-hybridized carbons (Fsp3) is 0.188. The molecule has 2 heterocycles. The summed E-state index contributed by atoms with van der Waals surface area (Å²) in [6.07, 6.45) is 2.96. The number of aryl methyl sites for hydroxylation is 1. The van der Waals surface area contributed by atoms with Crippen LogP contribution in [0.4, 0.5) is 5.95 Å². The minimum Gasteiger partial charge on any atom is -0.476 e. The van der Waals surface area contributed by atoms with Crippen LogP contribution >= 0.6 is 0 Å². The van der Waals surface area contributed by atoms with Gasteiger partial charge in [0.15, 0.2) is 5.69 Å². The van der Waals surface area contributed by atoms with Crippen molar-refractivity contribution in [2.75, 3.05) is 5.32 Å². The average Bonchev–Trinajstić information content (AvgIpc) is 3.19. The van der Waals surface area contributed by atoms with E-state index in [-0.39, 0.29) is 18.2 Å². The number of rotatable bonds is 6. The number of benzene rings is 1. The molecule has 2 aromatic heterocycles. The lowest BCUT2D eigenvalue weighted by molar-refractivity contribution is -0.117. The molecule has 0 radical (unpaired) electrons. The Hall–Kier alpha value is -3.49. The van der Waals surface area contributed by atoms with Crippen LogP contribution in [0.15, 0.2) is 42.9 Å². The summed E-state index contributed by atoms with van der Waals surface area (Å²) in [5.41, 5.74) is 2.14. The molecule has 1 amide bonds. The van der Waals surface area contributed by atoms with Crippen molar-refractivity contribution in [1.82, 2.24) is 24.5 Å². The molecule has 128 valence electrons. The Bertz CT molecular complexity index is 897. The Morgan fingerprint density at radius 1 is 1.12 bits per heavy atom. The summed E-state index contributed by atoms with van der Waals surface area (Å²) in [4.78, 5) is 26.8. The zero-order valence-corrected chi connectivity index (χ0v) is 13.5. The van der Waals surface area contributed by atoms with Gasteiger partial charge in [-0.3, -0.25) is 14.8 Å². The molecule has 3 rings (SSSR count). The molecule has 0 aliphatic carbocycles. The van der Waals surface area contributed by atoms with Gasteiger partial charge >= 0.3 is 5.97 Å². The number of aromatic carboxylic acids is 1. The highest BCUT2D eigenvalue weighted by Crippen LogP contribution is 2.06. The van der Waals surface area contributed by atoms with Crippen molar-refractivity contribution < 1.29 is 14.7 Å². The molecule has 0 unspecified atom stereocenters. The quantitative estimate of drug-likeness (QED) is 0.696. The van der Waals surface area contributed by atoms with Gasteiger partial charge < -0.3 is 5.11 Å². The molecule has 1 aromatic carbocycles. The predicted molar refractivity (Wildman–Crippen MR) is 88.1 cm³/mol. The molecule has 0 aliphatic heterocycles. The number of carboxylic acids is 1. The normalized spacial score (nSPS) is 10.6. The minimum absolute atomic E-state index is 0.117. The third-order valence-corrected chi connectivity index (χ3v) is 3.42. The first kappa shape index (κ1) is 16.4. The van der Waals surface area contributed by atoms with Gasteiger partial charge in [-0.05, 0) is 18.6 Å². The van der Waals surface area contributed by atoms with Crippen molar-refractivity contribution in [3.63, 3.8) is 0 Å². The maximum atomic E-state index is 12.0. The van der Waals surface area contributed by atoms with E-state index in [2.05, 4.69) is 20.5 Å². The van der Waals surface area contributed by atoms with E-state index < -0.39 is 11.9 Å². The van der Waals surface area contributed by atoms with Gasteiger partial charge in [0.25, 0.3) is 0 Å². The molecular formula is C16H16N6O3. The first-order valence-electron chi connectivity index (χ1n) is 7.51.